The average molecular weight is 403 g/mol. The molecule has 1 amide bonds. The van der Waals surface area contributed by atoms with E-state index in [9.17, 15) is 4.79 Å². The maximum atomic E-state index is 11.9. The molecule has 0 unspecified atom stereocenters. The summed E-state index contributed by atoms with van der Waals surface area (Å²) in [6, 6.07) is 7.70. The Morgan fingerprint density at radius 1 is 1.03 bits per heavy atom. The Morgan fingerprint density at radius 3 is 2.28 bits per heavy atom. The highest BCUT2D eigenvalue weighted by Gasteiger charge is 2.14. The van der Waals surface area contributed by atoms with Crippen LogP contribution in [0.5, 0.6) is 0 Å². The van der Waals surface area contributed by atoms with E-state index in [1.54, 1.807) is 26.0 Å². The van der Waals surface area contributed by atoms with Crippen LogP contribution in [0.25, 0.3) is 0 Å². The third-order valence-electron chi connectivity index (χ3n) is 5.40. The second-order valence-electron chi connectivity index (χ2n) is 7.73. The molecular formula is C22H38N6O. The molecular weight excluding hydrogens is 364 g/mol. The van der Waals surface area contributed by atoms with Gasteiger partial charge in [-0.15, -0.1) is 0 Å². The number of carbonyl (C=O) groups excluding carboxylic acids is 1. The van der Waals surface area contributed by atoms with Crippen LogP contribution >= 0.6 is 0 Å². The van der Waals surface area contributed by atoms with Crippen molar-refractivity contribution < 1.29 is 4.79 Å². The fraction of sp³-hybridized carbons (Fsp3) is 0.636. The van der Waals surface area contributed by atoms with Crippen LogP contribution < -0.4 is 10.6 Å². The van der Waals surface area contributed by atoms with E-state index in [1.807, 2.05) is 24.3 Å². The minimum absolute atomic E-state index is 0.0224. The number of hydrogen-bond acceptors (Lipinski definition) is 4. The summed E-state index contributed by atoms with van der Waals surface area (Å²) in [7, 11) is 5.32. The monoisotopic (exact) mass is 402 g/mol. The number of carbonyl (C=O) groups is 1. The summed E-state index contributed by atoms with van der Waals surface area (Å²) in [5.41, 5.74) is 1.83. The smallest absolute Gasteiger partial charge is 0.253 e. The van der Waals surface area contributed by atoms with Crippen LogP contribution in [0, 0.1) is 0 Å². The molecule has 2 rings (SSSR count). The van der Waals surface area contributed by atoms with Gasteiger partial charge in [0, 0.05) is 66.0 Å². The number of nitrogens with one attached hydrogen (secondary N) is 2. The molecule has 7 nitrogen and oxygen atoms in total. The standard InChI is InChI=1S/C22H38N6O/c1-5-27-14-16-28(17-15-27)13-7-6-12-24-22(23-2)25-18-19-8-10-20(11-9-19)21(29)26(3)4/h8-11H,5-7,12-18H2,1-4H3,(H2,23,24,25). The molecule has 1 saturated heterocycles. The van der Waals surface area contributed by atoms with Crippen LogP contribution in [0.2, 0.25) is 0 Å². The average Bonchev–Trinajstić information content (AvgIpc) is 2.75. The quantitative estimate of drug-likeness (QED) is 0.372. The zero-order valence-corrected chi connectivity index (χ0v) is 18.6. The van der Waals surface area contributed by atoms with E-state index >= 15 is 0 Å². The van der Waals surface area contributed by atoms with Gasteiger partial charge in [-0.1, -0.05) is 19.1 Å². The van der Waals surface area contributed by atoms with Crippen molar-refractivity contribution in [1.82, 2.24) is 25.3 Å². The summed E-state index contributed by atoms with van der Waals surface area (Å²) in [6.45, 7) is 11.0. The fourth-order valence-electron chi connectivity index (χ4n) is 3.43. The predicted molar refractivity (Wildman–Crippen MR) is 120 cm³/mol. The Bertz CT molecular complexity index is 635. The molecule has 1 aliphatic heterocycles. The molecule has 0 radical (unpaired) electrons. The SMILES string of the molecule is CCN1CCN(CCCCNC(=NC)NCc2ccc(C(=O)N(C)C)cc2)CC1. The molecule has 29 heavy (non-hydrogen) atoms. The van der Waals surface area contributed by atoms with Gasteiger partial charge in [0.2, 0.25) is 0 Å². The second-order valence-corrected chi connectivity index (χ2v) is 7.73. The first-order valence-corrected chi connectivity index (χ1v) is 10.7. The molecule has 0 atom stereocenters. The van der Waals surface area contributed by atoms with Crippen LogP contribution in [0.15, 0.2) is 29.3 Å². The lowest BCUT2D eigenvalue weighted by Crippen LogP contribution is -2.46. The van der Waals surface area contributed by atoms with Gasteiger partial charge in [0.1, 0.15) is 0 Å². The summed E-state index contributed by atoms with van der Waals surface area (Å²) in [6.07, 6.45) is 2.34. The fourth-order valence-corrected chi connectivity index (χ4v) is 3.43. The first-order chi connectivity index (χ1) is 14.0. The molecule has 1 aromatic carbocycles. The van der Waals surface area contributed by atoms with Gasteiger partial charge in [-0.05, 0) is 43.6 Å². The molecule has 0 bridgehead atoms. The van der Waals surface area contributed by atoms with Crippen LogP contribution in [-0.4, -0.2) is 93.5 Å². The highest BCUT2D eigenvalue weighted by atomic mass is 16.2. The predicted octanol–water partition coefficient (Wildman–Crippen LogP) is 1.47. The number of hydrogen-bond donors (Lipinski definition) is 2. The number of unbranched alkanes of at least 4 members (excludes halogenated alkanes) is 1. The van der Waals surface area contributed by atoms with Gasteiger partial charge in [0.05, 0.1) is 0 Å². The molecule has 1 fully saturated rings. The first-order valence-electron chi connectivity index (χ1n) is 10.7. The molecule has 162 valence electrons. The van der Waals surface area contributed by atoms with Gasteiger partial charge >= 0.3 is 0 Å². The molecule has 1 aliphatic rings. The van der Waals surface area contributed by atoms with Crippen molar-refractivity contribution in [3.05, 3.63) is 35.4 Å². The van der Waals surface area contributed by atoms with E-state index in [0.29, 0.717) is 12.1 Å². The molecule has 7 heteroatoms. The first kappa shape index (κ1) is 23.2. The maximum Gasteiger partial charge on any atom is 0.253 e. The largest absolute Gasteiger partial charge is 0.356 e. The van der Waals surface area contributed by atoms with Crippen LogP contribution in [-0.2, 0) is 6.54 Å². The zero-order chi connectivity index (χ0) is 21.1. The van der Waals surface area contributed by atoms with E-state index in [1.165, 1.54) is 45.7 Å². The van der Waals surface area contributed by atoms with E-state index in [2.05, 4.69) is 32.3 Å². The van der Waals surface area contributed by atoms with Gasteiger partial charge < -0.3 is 25.3 Å². The van der Waals surface area contributed by atoms with Crippen LogP contribution in [0.4, 0.5) is 0 Å². The Hall–Kier alpha value is -2.12. The normalized spacial score (nSPS) is 15.9. The summed E-state index contributed by atoms with van der Waals surface area (Å²) < 4.78 is 0. The van der Waals surface area contributed by atoms with Crippen molar-refractivity contribution in [2.24, 2.45) is 4.99 Å². The van der Waals surface area contributed by atoms with E-state index in [0.717, 1.165) is 24.5 Å². The molecule has 2 N–H and O–H groups in total. The van der Waals surface area contributed by atoms with Crippen molar-refractivity contribution in [3.63, 3.8) is 0 Å². The topological polar surface area (TPSA) is 63.2 Å². The highest BCUT2D eigenvalue weighted by molar-refractivity contribution is 5.93. The van der Waals surface area contributed by atoms with Gasteiger partial charge in [-0.3, -0.25) is 9.79 Å². The lowest BCUT2D eigenvalue weighted by molar-refractivity contribution is 0.0827. The summed E-state index contributed by atoms with van der Waals surface area (Å²) in [5.74, 6) is 0.837. The number of piperazine rings is 1. The summed E-state index contributed by atoms with van der Waals surface area (Å²) in [4.78, 5) is 22.9. The number of guanidine groups is 1. The molecule has 1 heterocycles. The van der Waals surface area contributed by atoms with Crippen molar-refractivity contribution in [2.45, 2.75) is 26.3 Å². The van der Waals surface area contributed by atoms with Crippen LogP contribution in [0.3, 0.4) is 0 Å². The third kappa shape index (κ3) is 8.03. The summed E-state index contributed by atoms with van der Waals surface area (Å²) >= 11 is 0. The van der Waals surface area contributed by atoms with Crippen molar-refractivity contribution in [2.75, 3.05) is 67.0 Å². The number of rotatable bonds is 9. The van der Waals surface area contributed by atoms with Gasteiger partial charge in [0.25, 0.3) is 5.91 Å². The molecule has 0 saturated carbocycles. The lowest BCUT2D eigenvalue weighted by atomic mass is 10.1. The number of benzene rings is 1. The van der Waals surface area contributed by atoms with E-state index in [4.69, 9.17) is 0 Å². The Balaban J connectivity index is 1.61. The van der Waals surface area contributed by atoms with Gasteiger partial charge in [0.15, 0.2) is 5.96 Å². The number of aliphatic imine (C=N–C) groups is 1. The number of amides is 1. The molecule has 0 aliphatic carbocycles. The number of likely N-dealkylation sites (N-methyl/N-ethyl adjacent to an activating group) is 1. The van der Waals surface area contributed by atoms with Gasteiger partial charge in [-0.2, -0.15) is 0 Å². The minimum atomic E-state index is 0.0224. The minimum Gasteiger partial charge on any atom is -0.356 e. The van der Waals surface area contributed by atoms with Gasteiger partial charge in [-0.25, -0.2) is 0 Å². The maximum absolute atomic E-state index is 11.9. The lowest BCUT2D eigenvalue weighted by Gasteiger charge is -2.34. The van der Waals surface area contributed by atoms with Crippen molar-refractivity contribution in [1.29, 1.82) is 0 Å². The Labute approximate surface area is 176 Å². The van der Waals surface area contributed by atoms with Crippen molar-refractivity contribution >= 4 is 11.9 Å². The Kier molecular flexibility index (Phi) is 9.94. The van der Waals surface area contributed by atoms with Crippen LogP contribution in [0.1, 0.15) is 35.7 Å². The van der Waals surface area contributed by atoms with E-state index in [-0.39, 0.29) is 5.91 Å². The molecule has 0 spiro atoms. The van der Waals surface area contributed by atoms with E-state index < -0.39 is 0 Å². The zero-order valence-electron chi connectivity index (χ0n) is 18.6. The highest BCUT2D eigenvalue weighted by Crippen LogP contribution is 2.06. The number of nitrogens with zero attached hydrogens (tertiary/aromatic N) is 4. The summed E-state index contributed by atoms with van der Waals surface area (Å²) in [5, 5.41) is 6.73. The third-order valence-corrected chi connectivity index (χ3v) is 5.40. The van der Waals surface area contributed by atoms with Crippen molar-refractivity contribution in [3.8, 4) is 0 Å². The molecule has 0 aromatic heterocycles. The second kappa shape index (κ2) is 12.4. The molecule has 1 aromatic rings. The Morgan fingerprint density at radius 2 is 1.69 bits per heavy atom.